The second kappa shape index (κ2) is 6.91. The van der Waals surface area contributed by atoms with E-state index >= 15 is 0 Å². The van der Waals surface area contributed by atoms with Crippen molar-refractivity contribution in [3.05, 3.63) is 34.6 Å². The molecule has 0 saturated carbocycles. The molecule has 7 heteroatoms. The number of rotatable bonds is 4. The van der Waals surface area contributed by atoms with Gasteiger partial charge in [-0.1, -0.05) is 23.9 Å². The number of benzene rings is 1. The average Bonchev–Trinajstić information content (AvgIpc) is 2.51. The second-order valence-electron chi connectivity index (χ2n) is 4.35. The van der Waals surface area contributed by atoms with Crippen LogP contribution in [0.15, 0.2) is 34.2 Å². The van der Waals surface area contributed by atoms with Gasteiger partial charge in [0.25, 0.3) is 5.56 Å². The van der Waals surface area contributed by atoms with E-state index in [0.29, 0.717) is 21.2 Å². The van der Waals surface area contributed by atoms with Gasteiger partial charge < -0.3 is 4.90 Å². The fraction of sp³-hybridized carbons (Fsp3) is 0.357. The van der Waals surface area contributed by atoms with Gasteiger partial charge in [-0.25, -0.2) is 4.98 Å². The van der Waals surface area contributed by atoms with Crippen molar-refractivity contribution in [3.63, 3.8) is 0 Å². The molecule has 0 radical (unpaired) electrons. The van der Waals surface area contributed by atoms with Gasteiger partial charge in [0, 0.05) is 13.1 Å². The Bertz CT molecular complexity index is 710. The van der Waals surface area contributed by atoms with Crippen LogP contribution in [0.4, 0.5) is 0 Å². The summed E-state index contributed by atoms with van der Waals surface area (Å²) >= 11 is 6.77. The Morgan fingerprint density at radius 1 is 1.38 bits per heavy atom. The van der Waals surface area contributed by atoms with Crippen LogP contribution in [0.1, 0.15) is 13.8 Å². The zero-order valence-corrected chi connectivity index (χ0v) is 13.9. The van der Waals surface area contributed by atoms with Gasteiger partial charge >= 0.3 is 0 Å². The Hall–Kier alpha value is -1.60. The third-order valence-corrected chi connectivity index (χ3v) is 4.17. The van der Waals surface area contributed by atoms with Gasteiger partial charge in [0.05, 0.1) is 10.9 Å². The summed E-state index contributed by atoms with van der Waals surface area (Å²) in [5.74, 6) is 0. The van der Waals surface area contributed by atoms with Gasteiger partial charge in [-0.05, 0) is 44.5 Å². The quantitative estimate of drug-likeness (QED) is 0.529. The molecule has 0 aliphatic carbocycles. The van der Waals surface area contributed by atoms with Crippen LogP contribution in [0, 0.1) is 0 Å². The Labute approximate surface area is 133 Å². The van der Waals surface area contributed by atoms with E-state index in [9.17, 15) is 4.79 Å². The van der Waals surface area contributed by atoms with E-state index < -0.39 is 0 Å². The highest BCUT2D eigenvalue weighted by Crippen LogP contribution is 2.14. The lowest BCUT2D eigenvalue weighted by atomic mass is 10.2. The van der Waals surface area contributed by atoms with E-state index in [1.54, 1.807) is 6.07 Å². The molecule has 0 saturated heterocycles. The first-order chi connectivity index (χ1) is 10.1. The van der Waals surface area contributed by atoms with Gasteiger partial charge in [-0.2, -0.15) is 4.68 Å². The lowest BCUT2D eigenvalue weighted by molar-refractivity contribution is 0.466. The summed E-state index contributed by atoms with van der Waals surface area (Å²) < 4.78 is 1.42. The number of para-hydroxylation sites is 1. The molecule has 2 rings (SSSR count). The van der Waals surface area contributed by atoms with Crippen LogP contribution in [-0.4, -0.2) is 39.0 Å². The number of nitrogens with one attached hydrogen (secondary N) is 1. The van der Waals surface area contributed by atoms with Crippen molar-refractivity contribution in [2.45, 2.75) is 19.0 Å². The number of thioether (sulfide) groups is 1. The molecule has 0 amide bonds. The van der Waals surface area contributed by atoms with E-state index in [1.165, 1.54) is 16.4 Å². The molecule has 0 bridgehead atoms. The zero-order chi connectivity index (χ0) is 15.4. The summed E-state index contributed by atoms with van der Waals surface area (Å²) in [7, 11) is 0. The number of nitrogens with zero attached hydrogens (tertiary/aromatic N) is 3. The molecule has 1 heterocycles. The molecule has 0 atom stereocenters. The Morgan fingerprint density at radius 2 is 2.05 bits per heavy atom. The van der Waals surface area contributed by atoms with E-state index in [1.807, 2.05) is 43.2 Å². The first-order valence-electron chi connectivity index (χ1n) is 6.74. The molecule has 0 fully saturated rings. The summed E-state index contributed by atoms with van der Waals surface area (Å²) in [6, 6.07) is 7.31. The maximum atomic E-state index is 12.6. The van der Waals surface area contributed by atoms with E-state index in [-0.39, 0.29) is 5.56 Å². The predicted molar refractivity (Wildman–Crippen MR) is 92.7 cm³/mol. The summed E-state index contributed by atoms with van der Waals surface area (Å²) in [6.45, 7) is 5.61. The highest BCUT2D eigenvalue weighted by molar-refractivity contribution is 7.98. The topological polar surface area (TPSA) is 50.2 Å². The molecular formula is C14H18N4OS2. The molecular weight excluding hydrogens is 304 g/mol. The summed E-state index contributed by atoms with van der Waals surface area (Å²) in [6.07, 6.45) is 1.88. The predicted octanol–water partition coefficient (Wildman–Crippen LogP) is 2.29. The molecule has 0 aliphatic rings. The van der Waals surface area contributed by atoms with Crippen molar-refractivity contribution >= 4 is 40.0 Å². The fourth-order valence-corrected chi connectivity index (χ4v) is 2.88. The molecule has 1 N–H and O–H groups in total. The van der Waals surface area contributed by atoms with Gasteiger partial charge in [0.1, 0.15) is 0 Å². The maximum Gasteiger partial charge on any atom is 0.281 e. The molecule has 5 nitrogen and oxygen atoms in total. The monoisotopic (exact) mass is 322 g/mol. The van der Waals surface area contributed by atoms with Crippen molar-refractivity contribution < 1.29 is 0 Å². The van der Waals surface area contributed by atoms with Crippen molar-refractivity contribution in [1.29, 1.82) is 0 Å². The van der Waals surface area contributed by atoms with E-state index in [0.717, 1.165) is 13.1 Å². The number of thiocarbonyl (C=S) groups is 1. The Kier molecular flexibility index (Phi) is 5.19. The standard InChI is InChI=1S/C14H18N4OS2/c1-4-17(5-2)13(20)16-18-12(19)10-8-6-7-9-11(10)15-14(18)21-3/h6-9H,4-5H2,1-3H3,(H,16,20). The highest BCUT2D eigenvalue weighted by atomic mass is 32.2. The Balaban J connectivity index is 2.50. The average molecular weight is 322 g/mol. The van der Waals surface area contributed by atoms with Crippen LogP contribution >= 0.6 is 24.0 Å². The molecule has 0 spiro atoms. The number of hydrogen-bond acceptors (Lipinski definition) is 4. The lowest BCUT2D eigenvalue weighted by Crippen LogP contribution is -2.42. The van der Waals surface area contributed by atoms with Gasteiger partial charge in [0.2, 0.25) is 0 Å². The first kappa shape index (κ1) is 15.8. The van der Waals surface area contributed by atoms with E-state index in [4.69, 9.17) is 12.2 Å². The minimum atomic E-state index is -0.139. The van der Waals surface area contributed by atoms with Crippen LogP contribution in [0.25, 0.3) is 10.9 Å². The number of aromatic nitrogens is 2. The number of fused-ring (bicyclic) bond motifs is 1. The van der Waals surface area contributed by atoms with Crippen molar-refractivity contribution in [2.24, 2.45) is 0 Å². The first-order valence-corrected chi connectivity index (χ1v) is 8.37. The summed E-state index contributed by atoms with van der Waals surface area (Å²) in [5.41, 5.74) is 3.56. The van der Waals surface area contributed by atoms with Gasteiger partial charge in [-0.3, -0.25) is 10.2 Å². The third kappa shape index (κ3) is 3.19. The minimum absolute atomic E-state index is 0.139. The fourth-order valence-electron chi connectivity index (χ4n) is 2.03. The van der Waals surface area contributed by atoms with Gasteiger partial charge in [-0.15, -0.1) is 0 Å². The molecule has 1 aromatic heterocycles. The third-order valence-electron chi connectivity index (χ3n) is 3.19. The summed E-state index contributed by atoms with van der Waals surface area (Å²) in [4.78, 5) is 19.1. The van der Waals surface area contributed by atoms with Crippen molar-refractivity contribution in [2.75, 3.05) is 24.8 Å². The maximum absolute atomic E-state index is 12.6. The minimum Gasteiger partial charge on any atom is -0.348 e. The van der Waals surface area contributed by atoms with Crippen LogP contribution in [0.5, 0.6) is 0 Å². The van der Waals surface area contributed by atoms with E-state index in [2.05, 4.69) is 10.4 Å². The molecule has 1 aromatic carbocycles. The number of hydrogen-bond donors (Lipinski definition) is 1. The molecule has 112 valence electrons. The van der Waals surface area contributed by atoms with Crippen LogP contribution in [-0.2, 0) is 0 Å². The van der Waals surface area contributed by atoms with Crippen LogP contribution < -0.4 is 11.0 Å². The largest absolute Gasteiger partial charge is 0.348 e. The SMILES string of the molecule is CCN(CC)C(=S)Nn1c(SC)nc2ccccc2c1=O. The normalized spacial score (nSPS) is 10.6. The van der Waals surface area contributed by atoms with Gasteiger partial charge in [0.15, 0.2) is 10.3 Å². The van der Waals surface area contributed by atoms with Crippen molar-refractivity contribution in [1.82, 2.24) is 14.6 Å². The van der Waals surface area contributed by atoms with Crippen molar-refractivity contribution in [3.8, 4) is 0 Å². The highest BCUT2D eigenvalue weighted by Gasteiger charge is 2.13. The molecule has 0 aliphatic heterocycles. The molecule has 0 unspecified atom stereocenters. The molecule has 2 aromatic rings. The summed E-state index contributed by atoms with van der Waals surface area (Å²) in [5, 5.41) is 1.69. The van der Waals surface area contributed by atoms with Crippen LogP contribution in [0.3, 0.4) is 0 Å². The Morgan fingerprint density at radius 3 is 2.67 bits per heavy atom. The second-order valence-corrected chi connectivity index (χ2v) is 5.51. The molecule has 21 heavy (non-hydrogen) atoms. The smallest absolute Gasteiger partial charge is 0.281 e. The zero-order valence-electron chi connectivity index (χ0n) is 12.3. The van der Waals surface area contributed by atoms with Crippen LogP contribution in [0.2, 0.25) is 0 Å². The lowest BCUT2D eigenvalue weighted by Gasteiger charge is -2.23.